The van der Waals surface area contributed by atoms with Crippen molar-refractivity contribution >= 4 is 32.3 Å². The summed E-state index contributed by atoms with van der Waals surface area (Å²) in [6.45, 7) is 0. The topological polar surface area (TPSA) is 0 Å². The van der Waals surface area contributed by atoms with Crippen LogP contribution in [-0.4, -0.2) is 0 Å². The molecule has 0 bridgehead atoms. The summed E-state index contributed by atoms with van der Waals surface area (Å²) < 4.78 is 0. The van der Waals surface area contributed by atoms with E-state index >= 15 is 0 Å². The van der Waals surface area contributed by atoms with Crippen LogP contribution in [0, 0.1) is 0 Å². The molecule has 0 heteroatoms. The van der Waals surface area contributed by atoms with Crippen LogP contribution in [0.3, 0.4) is 0 Å². The van der Waals surface area contributed by atoms with E-state index in [4.69, 9.17) is 0 Å². The van der Waals surface area contributed by atoms with Crippen LogP contribution in [0.2, 0.25) is 0 Å². The summed E-state index contributed by atoms with van der Waals surface area (Å²) in [4.78, 5) is 0. The zero-order valence-corrected chi connectivity index (χ0v) is 13.1. The molecule has 110 valence electrons. The van der Waals surface area contributed by atoms with Crippen LogP contribution in [0.15, 0.2) is 84.9 Å². The van der Waals surface area contributed by atoms with Crippen molar-refractivity contribution in [1.29, 1.82) is 0 Å². The quantitative estimate of drug-likeness (QED) is 0.214. The van der Waals surface area contributed by atoms with Gasteiger partial charge < -0.3 is 0 Å². The van der Waals surface area contributed by atoms with Crippen molar-refractivity contribution in [3.05, 3.63) is 84.9 Å². The van der Waals surface area contributed by atoms with Gasteiger partial charge in [-0.2, -0.15) is 0 Å². The third-order valence-electron chi connectivity index (χ3n) is 5.35. The van der Waals surface area contributed by atoms with Gasteiger partial charge in [0.25, 0.3) is 0 Å². The van der Waals surface area contributed by atoms with E-state index in [-0.39, 0.29) is 0 Å². The van der Waals surface area contributed by atoms with Crippen LogP contribution in [0.1, 0.15) is 0 Å². The number of benzene rings is 5. The third-order valence-corrected chi connectivity index (χ3v) is 5.35. The predicted molar refractivity (Wildman–Crippen MR) is 103 cm³/mol. The molecular weight excluding hydrogens is 288 g/mol. The molecule has 0 heterocycles. The molecule has 1 aliphatic carbocycles. The molecule has 0 N–H and O–H groups in total. The van der Waals surface area contributed by atoms with Gasteiger partial charge in [-0.25, -0.2) is 0 Å². The maximum atomic E-state index is 2.37. The van der Waals surface area contributed by atoms with Crippen molar-refractivity contribution in [2.75, 3.05) is 0 Å². The number of hydrogen-bond donors (Lipinski definition) is 0. The predicted octanol–water partition coefficient (Wildman–Crippen LogP) is 6.79. The molecule has 0 radical (unpaired) electrons. The SMILES string of the molecule is c1ccc2c(c1)-c1cccc3c1c-2cc1cc2ccccc2cc13. The van der Waals surface area contributed by atoms with Gasteiger partial charge in [0.15, 0.2) is 0 Å². The Morgan fingerprint density at radius 3 is 1.88 bits per heavy atom. The smallest absolute Gasteiger partial charge is 0.00199 e. The largest absolute Gasteiger partial charge is 0.0616 e. The average molecular weight is 302 g/mol. The first kappa shape index (κ1) is 12.3. The second-order valence-corrected chi connectivity index (χ2v) is 6.62. The lowest BCUT2D eigenvalue weighted by molar-refractivity contribution is 1.70. The van der Waals surface area contributed by atoms with Crippen LogP contribution in [0.4, 0.5) is 0 Å². The Kier molecular flexibility index (Phi) is 2.18. The maximum Gasteiger partial charge on any atom is -0.00199 e. The molecule has 0 nitrogen and oxygen atoms in total. The first-order valence-electron chi connectivity index (χ1n) is 8.38. The fourth-order valence-corrected chi connectivity index (χ4v) is 4.29. The molecule has 24 heavy (non-hydrogen) atoms. The summed E-state index contributed by atoms with van der Waals surface area (Å²) in [6.07, 6.45) is 0. The minimum atomic E-state index is 1.30. The summed E-state index contributed by atoms with van der Waals surface area (Å²) in [5.74, 6) is 0. The Balaban J connectivity index is 1.89. The van der Waals surface area contributed by atoms with Gasteiger partial charge in [0, 0.05) is 0 Å². The van der Waals surface area contributed by atoms with Crippen molar-refractivity contribution in [2.24, 2.45) is 0 Å². The lowest BCUT2D eigenvalue weighted by Gasteiger charge is -2.09. The Morgan fingerprint density at radius 2 is 1.04 bits per heavy atom. The van der Waals surface area contributed by atoms with Gasteiger partial charge in [0.1, 0.15) is 0 Å². The molecule has 0 saturated carbocycles. The monoisotopic (exact) mass is 302 g/mol. The lowest BCUT2D eigenvalue weighted by atomic mass is 9.94. The zero-order valence-electron chi connectivity index (χ0n) is 13.1. The van der Waals surface area contributed by atoms with Crippen LogP contribution in [-0.2, 0) is 0 Å². The number of hydrogen-bond acceptors (Lipinski definition) is 0. The van der Waals surface area contributed by atoms with Gasteiger partial charge >= 0.3 is 0 Å². The van der Waals surface area contributed by atoms with Gasteiger partial charge in [0.05, 0.1) is 0 Å². The van der Waals surface area contributed by atoms with E-state index in [2.05, 4.69) is 84.9 Å². The van der Waals surface area contributed by atoms with Crippen LogP contribution in [0.5, 0.6) is 0 Å². The minimum absolute atomic E-state index is 1.30. The van der Waals surface area contributed by atoms with Gasteiger partial charge in [-0.05, 0) is 72.8 Å². The summed E-state index contributed by atoms with van der Waals surface area (Å²) in [5, 5.41) is 8.05. The first-order valence-corrected chi connectivity index (χ1v) is 8.38. The highest BCUT2D eigenvalue weighted by Gasteiger charge is 2.21. The fourth-order valence-electron chi connectivity index (χ4n) is 4.29. The second-order valence-electron chi connectivity index (χ2n) is 6.62. The maximum absolute atomic E-state index is 2.37. The van der Waals surface area contributed by atoms with Crippen molar-refractivity contribution in [3.8, 4) is 22.3 Å². The molecule has 0 saturated heterocycles. The van der Waals surface area contributed by atoms with Gasteiger partial charge in [-0.3, -0.25) is 0 Å². The Hall–Kier alpha value is -3.12. The molecule has 6 rings (SSSR count). The molecule has 0 fully saturated rings. The van der Waals surface area contributed by atoms with Crippen LogP contribution in [0.25, 0.3) is 54.6 Å². The van der Waals surface area contributed by atoms with E-state index in [1.165, 1.54) is 54.6 Å². The molecule has 5 aromatic carbocycles. The second kappa shape index (κ2) is 4.24. The van der Waals surface area contributed by atoms with Gasteiger partial charge in [-0.15, -0.1) is 0 Å². The molecule has 0 unspecified atom stereocenters. The Labute approximate surface area is 140 Å². The molecule has 0 atom stereocenters. The molecule has 0 amide bonds. The van der Waals surface area contributed by atoms with Crippen molar-refractivity contribution in [2.45, 2.75) is 0 Å². The van der Waals surface area contributed by atoms with Crippen molar-refractivity contribution in [1.82, 2.24) is 0 Å². The normalized spacial score (nSPS) is 12.2. The standard InChI is InChI=1S/C24H14/c1-2-7-16-13-22-17(12-15(16)6-1)14-23-19-9-4-3-8-18(19)20-10-5-11-21(22)24(20)23/h1-14H. The van der Waals surface area contributed by atoms with E-state index < -0.39 is 0 Å². The molecular formula is C24H14. The highest BCUT2D eigenvalue weighted by Crippen LogP contribution is 2.49. The molecule has 1 aliphatic rings. The molecule has 0 aromatic heterocycles. The third kappa shape index (κ3) is 1.43. The number of rotatable bonds is 0. The fraction of sp³-hybridized carbons (Fsp3) is 0. The minimum Gasteiger partial charge on any atom is -0.0616 e. The van der Waals surface area contributed by atoms with Crippen LogP contribution >= 0.6 is 0 Å². The average Bonchev–Trinajstić information content (AvgIpc) is 2.96. The zero-order chi connectivity index (χ0) is 15.7. The molecule has 0 spiro atoms. The number of fused-ring (bicyclic) bond motifs is 6. The lowest BCUT2D eigenvalue weighted by Crippen LogP contribution is -1.82. The Morgan fingerprint density at radius 1 is 0.375 bits per heavy atom. The van der Waals surface area contributed by atoms with Gasteiger partial charge in [0.2, 0.25) is 0 Å². The molecule has 5 aromatic rings. The van der Waals surface area contributed by atoms with Crippen molar-refractivity contribution in [3.63, 3.8) is 0 Å². The van der Waals surface area contributed by atoms with Crippen LogP contribution < -0.4 is 0 Å². The summed E-state index contributed by atoms with van der Waals surface area (Å²) in [7, 11) is 0. The Bertz CT molecular complexity index is 1290. The van der Waals surface area contributed by atoms with Gasteiger partial charge in [-0.1, -0.05) is 66.7 Å². The first-order chi connectivity index (χ1) is 11.9. The van der Waals surface area contributed by atoms with E-state index in [0.29, 0.717) is 0 Å². The highest BCUT2D eigenvalue weighted by atomic mass is 14.2. The van der Waals surface area contributed by atoms with E-state index in [0.717, 1.165) is 0 Å². The highest BCUT2D eigenvalue weighted by molar-refractivity contribution is 6.24. The van der Waals surface area contributed by atoms with Crippen molar-refractivity contribution < 1.29 is 0 Å². The summed E-state index contributed by atoms with van der Waals surface area (Å²) in [6, 6.07) is 31.2. The van der Waals surface area contributed by atoms with E-state index in [1.807, 2.05) is 0 Å². The van der Waals surface area contributed by atoms with E-state index in [1.54, 1.807) is 0 Å². The summed E-state index contributed by atoms with van der Waals surface area (Å²) >= 11 is 0. The summed E-state index contributed by atoms with van der Waals surface area (Å²) in [5.41, 5.74) is 5.46. The molecule has 0 aliphatic heterocycles. The van der Waals surface area contributed by atoms with E-state index in [9.17, 15) is 0 Å².